The van der Waals surface area contributed by atoms with Crippen LogP contribution in [0.1, 0.15) is 38.5 Å². The summed E-state index contributed by atoms with van der Waals surface area (Å²) in [5.74, 6) is -0.828. The van der Waals surface area contributed by atoms with E-state index in [2.05, 4.69) is 5.32 Å². The van der Waals surface area contributed by atoms with Crippen LogP contribution in [-0.4, -0.2) is 53.8 Å². The van der Waals surface area contributed by atoms with E-state index in [1.807, 2.05) is 0 Å². The molecule has 0 aromatic rings. The van der Waals surface area contributed by atoms with Gasteiger partial charge in [-0.05, 0) is 19.3 Å². The highest BCUT2D eigenvalue weighted by Gasteiger charge is 2.40. The van der Waals surface area contributed by atoms with Crippen molar-refractivity contribution in [2.24, 2.45) is 0 Å². The lowest BCUT2D eigenvalue weighted by molar-refractivity contribution is -0.137. The molecule has 2 aliphatic rings. The van der Waals surface area contributed by atoms with Crippen molar-refractivity contribution in [2.45, 2.75) is 44.1 Å². The van der Waals surface area contributed by atoms with Crippen LogP contribution in [0.3, 0.4) is 0 Å². The summed E-state index contributed by atoms with van der Waals surface area (Å²) in [7, 11) is 0. The summed E-state index contributed by atoms with van der Waals surface area (Å²) >= 11 is 0. The molecule has 1 saturated heterocycles. The van der Waals surface area contributed by atoms with Crippen molar-refractivity contribution in [3.8, 4) is 0 Å². The van der Waals surface area contributed by atoms with Crippen molar-refractivity contribution in [2.75, 3.05) is 26.2 Å². The molecule has 2 fully saturated rings. The number of nitrogens with one attached hydrogen (secondary N) is 1. The molecule has 19 heavy (non-hydrogen) atoms. The third-order valence-corrected chi connectivity index (χ3v) is 3.89. The molecule has 0 unspecified atom stereocenters. The van der Waals surface area contributed by atoms with Crippen molar-refractivity contribution in [1.29, 1.82) is 0 Å². The molecule has 6 nitrogen and oxygen atoms in total. The smallest absolute Gasteiger partial charge is 0.317 e. The van der Waals surface area contributed by atoms with Crippen LogP contribution in [0.15, 0.2) is 0 Å². The topological polar surface area (TPSA) is 78.9 Å². The predicted octanol–water partition coefficient (Wildman–Crippen LogP) is 1.21. The van der Waals surface area contributed by atoms with Crippen LogP contribution in [-0.2, 0) is 9.53 Å². The average Bonchev–Trinajstić information content (AvgIpc) is 2.82. The SMILES string of the molecule is O=C(O)CCCNC(=O)N1CCOC2(CCCC2)C1. The van der Waals surface area contributed by atoms with E-state index in [0.717, 1.165) is 12.8 Å². The van der Waals surface area contributed by atoms with E-state index in [9.17, 15) is 9.59 Å². The molecule has 108 valence electrons. The van der Waals surface area contributed by atoms with E-state index in [-0.39, 0.29) is 18.1 Å². The third-order valence-electron chi connectivity index (χ3n) is 3.89. The lowest BCUT2D eigenvalue weighted by atomic mass is 10.00. The number of ether oxygens (including phenoxy) is 1. The predicted molar refractivity (Wildman–Crippen MR) is 69.0 cm³/mol. The van der Waals surface area contributed by atoms with Gasteiger partial charge in [-0.3, -0.25) is 4.79 Å². The van der Waals surface area contributed by atoms with E-state index >= 15 is 0 Å². The second kappa shape index (κ2) is 6.23. The number of morpholine rings is 1. The highest BCUT2D eigenvalue weighted by Crippen LogP contribution is 2.35. The standard InChI is InChI=1S/C13H22N2O4/c16-11(17)4-3-7-14-12(18)15-8-9-19-13(10-15)5-1-2-6-13/h1-10H2,(H,14,18)(H,16,17). The van der Waals surface area contributed by atoms with Gasteiger partial charge in [0.15, 0.2) is 0 Å². The number of rotatable bonds is 4. The zero-order valence-corrected chi connectivity index (χ0v) is 11.2. The Kier molecular flexibility index (Phi) is 4.63. The number of urea groups is 1. The fourth-order valence-corrected chi connectivity index (χ4v) is 2.89. The van der Waals surface area contributed by atoms with E-state index < -0.39 is 5.97 Å². The van der Waals surface area contributed by atoms with Gasteiger partial charge >= 0.3 is 12.0 Å². The van der Waals surface area contributed by atoms with E-state index in [0.29, 0.717) is 32.7 Å². The van der Waals surface area contributed by atoms with Crippen LogP contribution in [0.2, 0.25) is 0 Å². The number of carbonyl (C=O) groups excluding carboxylic acids is 1. The van der Waals surface area contributed by atoms with Gasteiger partial charge in [-0.2, -0.15) is 0 Å². The number of carbonyl (C=O) groups is 2. The van der Waals surface area contributed by atoms with Gasteiger partial charge in [0, 0.05) is 19.5 Å². The second-order valence-electron chi connectivity index (χ2n) is 5.39. The summed E-state index contributed by atoms with van der Waals surface area (Å²) in [5, 5.41) is 11.3. The number of nitrogens with zero attached hydrogens (tertiary/aromatic N) is 1. The zero-order valence-electron chi connectivity index (χ0n) is 11.2. The highest BCUT2D eigenvalue weighted by atomic mass is 16.5. The summed E-state index contributed by atoms with van der Waals surface area (Å²) in [4.78, 5) is 24.2. The Labute approximate surface area is 113 Å². The summed E-state index contributed by atoms with van der Waals surface area (Å²) in [6, 6.07) is -0.0973. The molecule has 1 spiro atoms. The van der Waals surface area contributed by atoms with Gasteiger partial charge in [0.1, 0.15) is 0 Å². The number of carboxylic acids is 1. The van der Waals surface area contributed by atoms with E-state index in [1.54, 1.807) is 4.90 Å². The molecule has 1 aliphatic heterocycles. The summed E-state index contributed by atoms with van der Waals surface area (Å²) in [6.07, 6.45) is 4.98. The van der Waals surface area contributed by atoms with Crippen LogP contribution in [0.4, 0.5) is 4.79 Å². The van der Waals surface area contributed by atoms with Crippen molar-refractivity contribution in [3.05, 3.63) is 0 Å². The van der Waals surface area contributed by atoms with Crippen molar-refractivity contribution < 1.29 is 19.4 Å². The number of aliphatic carboxylic acids is 1. The first-order valence-electron chi connectivity index (χ1n) is 7.00. The second-order valence-corrected chi connectivity index (χ2v) is 5.39. The Bertz CT molecular complexity index is 340. The Balaban J connectivity index is 1.74. The van der Waals surface area contributed by atoms with Gasteiger partial charge < -0.3 is 20.1 Å². The maximum Gasteiger partial charge on any atom is 0.317 e. The van der Waals surface area contributed by atoms with Crippen LogP contribution >= 0.6 is 0 Å². The molecular formula is C13H22N2O4. The minimum absolute atomic E-state index is 0.0906. The number of amides is 2. The van der Waals surface area contributed by atoms with Gasteiger partial charge in [-0.25, -0.2) is 4.79 Å². The molecule has 0 aromatic carbocycles. The van der Waals surface area contributed by atoms with Crippen molar-refractivity contribution in [3.63, 3.8) is 0 Å². The third kappa shape index (κ3) is 3.83. The van der Waals surface area contributed by atoms with Gasteiger partial charge in [-0.1, -0.05) is 12.8 Å². The van der Waals surface area contributed by atoms with E-state index in [4.69, 9.17) is 9.84 Å². The molecule has 1 aliphatic carbocycles. The first-order valence-corrected chi connectivity index (χ1v) is 7.00. The first-order chi connectivity index (χ1) is 9.11. The molecule has 2 N–H and O–H groups in total. The van der Waals surface area contributed by atoms with Crippen molar-refractivity contribution >= 4 is 12.0 Å². The maximum atomic E-state index is 12.0. The van der Waals surface area contributed by atoms with Gasteiger partial charge in [0.05, 0.1) is 18.8 Å². The number of hydrogen-bond acceptors (Lipinski definition) is 3. The first kappa shape index (κ1) is 14.1. The Morgan fingerprint density at radius 2 is 2.05 bits per heavy atom. The molecule has 6 heteroatoms. The molecule has 1 saturated carbocycles. The fourth-order valence-electron chi connectivity index (χ4n) is 2.89. The molecule has 0 aromatic heterocycles. The lowest BCUT2D eigenvalue weighted by Gasteiger charge is -2.40. The molecule has 0 radical (unpaired) electrons. The average molecular weight is 270 g/mol. The maximum absolute atomic E-state index is 12.0. The van der Waals surface area contributed by atoms with Gasteiger partial charge in [0.2, 0.25) is 0 Å². The molecule has 1 heterocycles. The lowest BCUT2D eigenvalue weighted by Crippen LogP contribution is -2.55. The summed E-state index contributed by atoms with van der Waals surface area (Å²) < 4.78 is 5.86. The molecule has 2 rings (SSSR count). The zero-order chi connectivity index (χ0) is 13.7. The quantitative estimate of drug-likeness (QED) is 0.752. The van der Waals surface area contributed by atoms with Crippen LogP contribution < -0.4 is 5.32 Å². The monoisotopic (exact) mass is 270 g/mol. The Hall–Kier alpha value is -1.30. The highest BCUT2D eigenvalue weighted by molar-refractivity contribution is 5.74. The molecule has 2 amide bonds. The van der Waals surface area contributed by atoms with Crippen LogP contribution in [0.25, 0.3) is 0 Å². The minimum atomic E-state index is -0.828. The Morgan fingerprint density at radius 3 is 2.74 bits per heavy atom. The molecular weight excluding hydrogens is 248 g/mol. The van der Waals surface area contributed by atoms with Gasteiger partial charge in [-0.15, -0.1) is 0 Å². The van der Waals surface area contributed by atoms with Crippen molar-refractivity contribution in [1.82, 2.24) is 10.2 Å². The molecule has 0 atom stereocenters. The minimum Gasteiger partial charge on any atom is -0.481 e. The number of hydrogen-bond donors (Lipinski definition) is 2. The van der Waals surface area contributed by atoms with Gasteiger partial charge in [0.25, 0.3) is 0 Å². The van der Waals surface area contributed by atoms with Crippen LogP contribution in [0.5, 0.6) is 0 Å². The molecule has 0 bridgehead atoms. The van der Waals surface area contributed by atoms with E-state index in [1.165, 1.54) is 12.8 Å². The number of carboxylic acid groups (broad SMARTS) is 1. The summed E-state index contributed by atoms with van der Waals surface area (Å²) in [5.41, 5.74) is -0.114. The normalized spacial score (nSPS) is 21.6. The fraction of sp³-hybridized carbons (Fsp3) is 0.846. The Morgan fingerprint density at radius 1 is 1.32 bits per heavy atom. The van der Waals surface area contributed by atoms with Crippen LogP contribution in [0, 0.1) is 0 Å². The summed E-state index contributed by atoms with van der Waals surface area (Å²) in [6.45, 7) is 2.29. The largest absolute Gasteiger partial charge is 0.481 e.